The van der Waals surface area contributed by atoms with Crippen LogP contribution in [0, 0.1) is 11.3 Å². The molecule has 0 bridgehead atoms. The van der Waals surface area contributed by atoms with Crippen molar-refractivity contribution >= 4 is 11.7 Å². The first-order chi connectivity index (χ1) is 6.99. The molecular formula is C10H22N4O. The average molecular weight is 214 g/mol. The predicted octanol–water partition coefficient (Wildman–Crippen LogP) is 0.0628. The van der Waals surface area contributed by atoms with Gasteiger partial charge in [0.15, 0.2) is 11.7 Å². The lowest BCUT2D eigenvalue weighted by atomic mass is 9.98. The van der Waals surface area contributed by atoms with E-state index in [1.807, 2.05) is 13.8 Å². The maximum Gasteiger partial charge on any atom is 0.185 e. The molecule has 5 N–H and O–H groups in total. The van der Waals surface area contributed by atoms with Crippen LogP contribution in [-0.4, -0.2) is 31.4 Å². The Morgan fingerprint density at radius 2 is 2.07 bits per heavy atom. The highest BCUT2D eigenvalue weighted by molar-refractivity contribution is 5.85. The minimum absolute atomic E-state index is 0.0220. The Kier molecular flexibility index (Phi) is 6.70. The minimum atomic E-state index is -0.0845. The minimum Gasteiger partial charge on any atom is -0.370 e. The quantitative estimate of drug-likeness (QED) is 0.274. The zero-order chi connectivity index (χ0) is 11.8. The molecule has 0 fully saturated rings. The molecule has 0 aromatic heterocycles. The summed E-state index contributed by atoms with van der Waals surface area (Å²) < 4.78 is 0. The molecule has 0 unspecified atom stereocenters. The fourth-order valence-corrected chi connectivity index (χ4v) is 1.36. The Labute approximate surface area is 91.3 Å². The maximum absolute atomic E-state index is 11.7. The van der Waals surface area contributed by atoms with Crippen LogP contribution in [0.4, 0.5) is 0 Å². The summed E-state index contributed by atoms with van der Waals surface area (Å²) in [6, 6.07) is -0.0845. The Hall–Kier alpha value is -1.10. The van der Waals surface area contributed by atoms with Crippen LogP contribution in [0.15, 0.2) is 0 Å². The van der Waals surface area contributed by atoms with Crippen LogP contribution in [0.1, 0.15) is 26.7 Å². The smallest absolute Gasteiger partial charge is 0.185 e. The predicted molar refractivity (Wildman–Crippen MR) is 61.8 cm³/mol. The van der Waals surface area contributed by atoms with Gasteiger partial charge in [-0.2, -0.15) is 0 Å². The molecule has 0 spiro atoms. The van der Waals surface area contributed by atoms with Crippen molar-refractivity contribution in [3.8, 4) is 0 Å². The third kappa shape index (κ3) is 6.06. The number of Topliss-reactive ketones (excluding diaryl/α,β-unsaturated/α-hetero) is 1. The zero-order valence-electron chi connectivity index (χ0n) is 9.76. The number of hydrogen-bond donors (Lipinski definition) is 4. The van der Waals surface area contributed by atoms with Gasteiger partial charge in [-0.3, -0.25) is 10.2 Å². The SMILES string of the molecule is CN[C@@H](CCCNC(=N)N)C(=O)C(C)C. The summed E-state index contributed by atoms with van der Waals surface area (Å²) in [4.78, 5) is 11.7. The second-order valence-corrected chi connectivity index (χ2v) is 3.88. The zero-order valence-corrected chi connectivity index (χ0v) is 9.76. The highest BCUT2D eigenvalue weighted by Gasteiger charge is 2.18. The molecule has 88 valence electrons. The molecule has 0 aromatic rings. The molecule has 0 heterocycles. The van der Waals surface area contributed by atoms with Crippen molar-refractivity contribution in [2.75, 3.05) is 13.6 Å². The lowest BCUT2D eigenvalue weighted by molar-refractivity contribution is -0.124. The normalized spacial score (nSPS) is 12.5. The lowest BCUT2D eigenvalue weighted by Gasteiger charge is -2.17. The fraction of sp³-hybridized carbons (Fsp3) is 0.800. The second-order valence-electron chi connectivity index (χ2n) is 3.88. The Morgan fingerprint density at radius 1 is 1.47 bits per heavy atom. The van der Waals surface area contributed by atoms with Gasteiger partial charge >= 0.3 is 0 Å². The molecule has 0 amide bonds. The van der Waals surface area contributed by atoms with Crippen molar-refractivity contribution in [1.29, 1.82) is 5.41 Å². The summed E-state index contributed by atoms with van der Waals surface area (Å²) in [5.41, 5.74) is 5.14. The highest BCUT2D eigenvalue weighted by Crippen LogP contribution is 2.05. The van der Waals surface area contributed by atoms with Crippen LogP contribution in [0.5, 0.6) is 0 Å². The third-order valence-electron chi connectivity index (χ3n) is 2.25. The average Bonchev–Trinajstić information content (AvgIpc) is 2.16. The van der Waals surface area contributed by atoms with E-state index in [0.717, 1.165) is 12.8 Å². The first-order valence-corrected chi connectivity index (χ1v) is 5.28. The summed E-state index contributed by atoms with van der Waals surface area (Å²) in [6.45, 7) is 4.44. The lowest BCUT2D eigenvalue weighted by Crippen LogP contribution is -2.38. The number of likely N-dealkylation sites (N-methyl/N-ethyl adjacent to an activating group) is 1. The summed E-state index contributed by atoms with van der Waals surface area (Å²) >= 11 is 0. The van der Waals surface area contributed by atoms with E-state index < -0.39 is 0 Å². The van der Waals surface area contributed by atoms with Crippen molar-refractivity contribution in [3.05, 3.63) is 0 Å². The molecule has 0 rings (SSSR count). The molecule has 0 radical (unpaired) electrons. The van der Waals surface area contributed by atoms with Crippen LogP contribution in [0.25, 0.3) is 0 Å². The molecular weight excluding hydrogens is 192 g/mol. The first-order valence-electron chi connectivity index (χ1n) is 5.28. The van der Waals surface area contributed by atoms with Crippen molar-refractivity contribution in [2.45, 2.75) is 32.7 Å². The Morgan fingerprint density at radius 3 is 2.47 bits per heavy atom. The van der Waals surface area contributed by atoms with Gasteiger partial charge in [0.1, 0.15) is 0 Å². The van der Waals surface area contributed by atoms with Gasteiger partial charge in [0.2, 0.25) is 0 Å². The van der Waals surface area contributed by atoms with Crippen LogP contribution >= 0.6 is 0 Å². The first kappa shape index (κ1) is 13.9. The molecule has 0 aromatic carbocycles. The van der Waals surface area contributed by atoms with Crippen molar-refractivity contribution in [1.82, 2.24) is 10.6 Å². The number of hydrogen-bond acceptors (Lipinski definition) is 3. The van der Waals surface area contributed by atoms with Crippen molar-refractivity contribution in [2.24, 2.45) is 11.7 Å². The van der Waals surface area contributed by atoms with Crippen molar-refractivity contribution < 1.29 is 4.79 Å². The number of guanidine groups is 1. The number of carbonyl (C=O) groups excluding carboxylic acids is 1. The van der Waals surface area contributed by atoms with E-state index in [1.165, 1.54) is 0 Å². The molecule has 5 nitrogen and oxygen atoms in total. The molecule has 0 saturated carbocycles. The maximum atomic E-state index is 11.7. The van der Waals surface area contributed by atoms with E-state index in [-0.39, 0.29) is 23.7 Å². The molecule has 0 aliphatic carbocycles. The summed E-state index contributed by atoms with van der Waals surface area (Å²) in [5, 5.41) is 12.7. The molecule has 15 heavy (non-hydrogen) atoms. The van der Waals surface area contributed by atoms with Gasteiger partial charge in [0, 0.05) is 12.5 Å². The number of carbonyl (C=O) groups is 1. The Bertz CT molecular complexity index is 215. The van der Waals surface area contributed by atoms with Crippen LogP contribution in [0.3, 0.4) is 0 Å². The molecule has 1 atom stereocenters. The van der Waals surface area contributed by atoms with Crippen molar-refractivity contribution in [3.63, 3.8) is 0 Å². The number of rotatable bonds is 7. The van der Waals surface area contributed by atoms with Gasteiger partial charge in [-0.1, -0.05) is 13.8 Å². The van der Waals surface area contributed by atoms with Gasteiger partial charge in [0.25, 0.3) is 0 Å². The second kappa shape index (κ2) is 7.23. The van der Waals surface area contributed by atoms with Gasteiger partial charge in [0.05, 0.1) is 6.04 Å². The molecule has 0 aliphatic heterocycles. The topological polar surface area (TPSA) is 91.0 Å². The van der Waals surface area contributed by atoms with Crippen LogP contribution in [-0.2, 0) is 4.79 Å². The van der Waals surface area contributed by atoms with Gasteiger partial charge < -0.3 is 16.4 Å². The largest absolute Gasteiger partial charge is 0.370 e. The monoisotopic (exact) mass is 214 g/mol. The van der Waals surface area contributed by atoms with E-state index in [9.17, 15) is 4.79 Å². The number of ketones is 1. The summed E-state index contributed by atoms with van der Waals surface area (Å²) in [5.74, 6) is 0.273. The number of nitrogens with one attached hydrogen (secondary N) is 3. The standard InChI is InChI=1S/C10H22N4O/c1-7(2)9(15)8(13-3)5-4-6-14-10(11)12/h7-8,13H,4-6H2,1-3H3,(H4,11,12,14)/t8-/m0/s1. The third-order valence-corrected chi connectivity index (χ3v) is 2.25. The fourth-order valence-electron chi connectivity index (χ4n) is 1.36. The van der Waals surface area contributed by atoms with E-state index in [2.05, 4.69) is 10.6 Å². The van der Waals surface area contributed by atoms with Gasteiger partial charge in [-0.05, 0) is 19.9 Å². The summed E-state index contributed by atoms with van der Waals surface area (Å²) in [7, 11) is 1.79. The Balaban J connectivity index is 3.80. The van der Waals surface area contributed by atoms with Crippen LogP contribution < -0.4 is 16.4 Å². The van der Waals surface area contributed by atoms with Gasteiger partial charge in [-0.15, -0.1) is 0 Å². The van der Waals surface area contributed by atoms with E-state index in [4.69, 9.17) is 11.1 Å². The van der Waals surface area contributed by atoms with Gasteiger partial charge in [-0.25, -0.2) is 0 Å². The molecule has 5 heteroatoms. The summed E-state index contributed by atoms with van der Waals surface area (Å²) in [6.07, 6.45) is 1.59. The van der Waals surface area contributed by atoms with E-state index >= 15 is 0 Å². The number of nitrogens with two attached hydrogens (primary N) is 1. The van der Waals surface area contributed by atoms with Crippen LogP contribution in [0.2, 0.25) is 0 Å². The van der Waals surface area contributed by atoms with E-state index in [0.29, 0.717) is 6.54 Å². The van der Waals surface area contributed by atoms with E-state index in [1.54, 1.807) is 7.05 Å². The molecule has 0 saturated heterocycles. The highest BCUT2D eigenvalue weighted by atomic mass is 16.1. The molecule has 0 aliphatic rings.